The summed E-state index contributed by atoms with van der Waals surface area (Å²) in [5.41, 5.74) is 1.99. The molecule has 0 aliphatic heterocycles. The Balaban J connectivity index is 2.20. The number of rotatable bonds is 4. The maximum absolute atomic E-state index is 9.64. The van der Waals surface area contributed by atoms with Crippen molar-refractivity contribution in [2.24, 2.45) is 0 Å². The summed E-state index contributed by atoms with van der Waals surface area (Å²) < 4.78 is 0. The van der Waals surface area contributed by atoms with Gasteiger partial charge in [0.15, 0.2) is 0 Å². The molecule has 106 valence electrons. The number of hydrogen-bond donors (Lipinski definition) is 1. The molecule has 1 aliphatic carbocycles. The van der Waals surface area contributed by atoms with E-state index in [1.54, 1.807) is 6.92 Å². The molecule has 1 saturated carbocycles. The molecule has 0 amide bonds. The Morgan fingerprint density at radius 3 is 2.53 bits per heavy atom. The van der Waals surface area contributed by atoms with E-state index in [9.17, 15) is 5.11 Å². The second kappa shape index (κ2) is 6.62. The van der Waals surface area contributed by atoms with E-state index in [2.05, 4.69) is 17.9 Å². The highest BCUT2D eigenvalue weighted by Crippen LogP contribution is 2.31. The van der Waals surface area contributed by atoms with Crippen LogP contribution in [0.4, 0.5) is 5.69 Å². The van der Waals surface area contributed by atoms with Gasteiger partial charge in [-0.05, 0) is 44.4 Å². The maximum Gasteiger partial charge on any atom is 0.0776 e. The average Bonchev–Trinajstić information content (AvgIpc) is 2.40. The molecular formula is C16H24ClNO. The molecule has 0 bridgehead atoms. The van der Waals surface area contributed by atoms with E-state index < -0.39 is 6.10 Å². The highest BCUT2D eigenvalue weighted by atomic mass is 35.5. The van der Waals surface area contributed by atoms with Crippen molar-refractivity contribution in [3.05, 3.63) is 28.8 Å². The minimum Gasteiger partial charge on any atom is -0.389 e. The quantitative estimate of drug-likeness (QED) is 0.875. The summed E-state index contributed by atoms with van der Waals surface area (Å²) in [5.74, 6) is 0. The molecule has 0 aromatic heterocycles. The number of halogens is 1. The Morgan fingerprint density at radius 1 is 1.32 bits per heavy atom. The van der Waals surface area contributed by atoms with Gasteiger partial charge in [-0.15, -0.1) is 0 Å². The van der Waals surface area contributed by atoms with E-state index in [1.165, 1.54) is 37.8 Å². The van der Waals surface area contributed by atoms with Crippen molar-refractivity contribution in [2.75, 3.05) is 11.4 Å². The van der Waals surface area contributed by atoms with Gasteiger partial charge in [0.25, 0.3) is 0 Å². The van der Waals surface area contributed by atoms with E-state index in [4.69, 9.17) is 11.6 Å². The third-order valence-corrected chi connectivity index (χ3v) is 4.45. The van der Waals surface area contributed by atoms with E-state index >= 15 is 0 Å². The van der Waals surface area contributed by atoms with Crippen molar-refractivity contribution in [1.29, 1.82) is 0 Å². The fraction of sp³-hybridized carbons (Fsp3) is 0.625. The van der Waals surface area contributed by atoms with E-state index in [0.29, 0.717) is 11.1 Å². The summed E-state index contributed by atoms with van der Waals surface area (Å²) in [5, 5.41) is 10.3. The topological polar surface area (TPSA) is 23.5 Å². The monoisotopic (exact) mass is 281 g/mol. The molecule has 1 unspecified atom stereocenters. The zero-order chi connectivity index (χ0) is 13.8. The van der Waals surface area contributed by atoms with Crippen LogP contribution in [0, 0.1) is 0 Å². The molecule has 0 radical (unpaired) electrons. The Hall–Kier alpha value is -0.730. The zero-order valence-electron chi connectivity index (χ0n) is 11.9. The van der Waals surface area contributed by atoms with Gasteiger partial charge in [-0.2, -0.15) is 0 Å². The highest BCUT2D eigenvalue weighted by molar-refractivity contribution is 6.31. The van der Waals surface area contributed by atoms with Crippen LogP contribution in [0.3, 0.4) is 0 Å². The Kier molecular flexibility index (Phi) is 5.12. The average molecular weight is 282 g/mol. The third kappa shape index (κ3) is 3.43. The number of aliphatic hydroxyl groups excluding tert-OH is 1. The second-order valence-corrected chi connectivity index (χ2v) is 5.87. The summed E-state index contributed by atoms with van der Waals surface area (Å²) in [6, 6.07) is 6.69. The molecule has 3 heteroatoms. The first-order valence-electron chi connectivity index (χ1n) is 7.37. The van der Waals surface area contributed by atoms with Crippen LogP contribution in [0.5, 0.6) is 0 Å². The normalized spacial score (nSPS) is 18.3. The van der Waals surface area contributed by atoms with Crippen molar-refractivity contribution in [1.82, 2.24) is 0 Å². The van der Waals surface area contributed by atoms with E-state index in [1.807, 2.05) is 12.1 Å². The first-order chi connectivity index (χ1) is 9.13. The Labute approximate surface area is 121 Å². The molecule has 1 N–H and O–H groups in total. The highest BCUT2D eigenvalue weighted by Gasteiger charge is 2.21. The molecule has 1 aliphatic rings. The molecular weight excluding hydrogens is 258 g/mol. The summed E-state index contributed by atoms with van der Waals surface area (Å²) in [6.45, 7) is 4.96. The predicted molar refractivity (Wildman–Crippen MR) is 82.0 cm³/mol. The summed E-state index contributed by atoms with van der Waals surface area (Å²) in [6.07, 6.45) is 6.09. The summed E-state index contributed by atoms with van der Waals surface area (Å²) in [7, 11) is 0. The fourth-order valence-electron chi connectivity index (χ4n) is 3.08. The number of hydrogen-bond acceptors (Lipinski definition) is 2. The van der Waals surface area contributed by atoms with Crippen LogP contribution in [0.15, 0.2) is 18.2 Å². The number of anilines is 1. The van der Waals surface area contributed by atoms with Gasteiger partial charge in [-0.25, -0.2) is 0 Å². The fourth-order valence-corrected chi connectivity index (χ4v) is 3.41. The van der Waals surface area contributed by atoms with Gasteiger partial charge in [0, 0.05) is 23.3 Å². The lowest BCUT2D eigenvalue weighted by molar-refractivity contribution is 0.199. The first kappa shape index (κ1) is 14.7. The van der Waals surface area contributed by atoms with Gasteiger partial charge in [0.05, 0.1) is 6.10 Å². The largest absolute Gasteiger partial charge is 0.389 e. The predicted octanol–water partition coefficient (Wildman–Crippen LogP) is 4.55. The number of aliphatic hydroxyl groups is 1. The van der Waals surface area contributed by atoms with Crippen molar-refractivity contribution in [3.8, 4) is 0 Å². The molecule has 0 saturated heterocycles. The van der Waals surface area contributed by atoms with Crippen molar-refractivity contribution >= 4 is 17.3 Å². The minimum absolute atomic E-state index is 0.508. The molecule has 1 aromatic carbocycles. The molecule has 1 atom stereocenters. The lowest BCUT2D eigenvalue weighted by Crippen LogP contribution is -2.36. The van der Waals surface area contributed by atoms with Gasteiger partial charge >= 0.3 is 0 Å². The number of nitrogens with zero attached hydrogens (tertiary/aromatic N) is 1. The van der Waals surface area contributed by atoms with E-state index in [-0.39, 0.29) is 0 Å². The van der Waals surface area contributed by atoms with Gasteiger partial charge < -0.3 is 10.0 Å². The van der Waals surface area contributed by atoms with Crippen LogP contribution in [0.2, 0.25) is 5.02 Å². The molecule has 19 heavy (non-hydrogen) atoms. The molecule has 1 aromatic rings. The minimum atomic E-state index is -0.508. The van der Waals surface area contributed by atoms with Crippen LogP contribution in [0.1, 0.15) is 57.6 Å². The lowest BCUT2D eigenvalue weighted by atomic mass is 9.93. The molecule has 0 heterocycles. The van der Waals surface area contributed by atoms with Gasteiger partial charge in [-0.3, -0.25) is 0 Å². The van der Waals surface area contributed by atoms with Crippen LogP contribution >= 0.6 is 11.6 Å². The summed E-state index contributed by atoms with van der Waals surface area (Å²) in [4.78, 5) is 2.46. The van der Waals surface area contributed by atoms with E-state index in [0.717, 1.165) is 12.1 Å². The SMILES string of the molecule is CCN(c1ccc(C(C)O)c(Cl)c1)C1CCCCC1. The van der Waals surface area contributed by atoms with Crippen LogP contribution in [-0.2, 0) is 0 Å². The van der Waals surface area contributed by atoms with Crippen LogP contribution in [0.25, 0.3) is 0 Å². The zero-order valence-corrected chi connectivity index (χ0v) is 12.7. The Bertz CT molecular complexity index is 413. The van der Waals surface area contributed by atoms with Gasteiger partial charge in [0.2, 0.25) is 0 Å². The maximum atomic E-state index is 9.64. The number of benzene rings is 1. The van der Waals surface area contributed by atoms with Gasteiger partial charge in [-0.1, -0.05) is 36.9 Å². The van der Waals surface area contributed by atoms with Crippen LogP contribution in [-0.4, -0.2) is 17.7 Å². The Morgan fingerprint density at radius 2 is 2.00 bits per heavy atom. The molecule has 2 rings (SSSR count). The lowest BCUT2D eigenvalue weighted by Gasteiger charge is -2.35. The summed E-state index contributed by atoms with van der Waals surface area (Å²) >= 11 is 6.28. The van der Waals surface area contributed by atoms with Crippen molar-refractivity contribution in [2.45, 2.75) is 58.1 Å². The molecule has 1 fully saturated rings. The van der Waals surface area contributed by atoms with Crippen LogP contribution < -0.4 is 4.90 Å². The van der Waals surface area contributed by atoms with Gasteiger partial charge in [0.1, 0.15) is 0 Å². The van der Waals surface area contributed by atoms with Crippen molar-refractivity contribution in [3.63, 3.8) is 0 Å². The molecule has 2 nitrogen and oxygen atoms in total. The standard InChI is InChI=1S/C16H24ClNO/c1-3-18(13-7-5-4-6-8-13)14-9-10-15(12(2)19)16(17)11-14/h9-13,19H,3-8H2,1-2H3. The smallest absolute Gasteiger partial charge is 0.0776 e. The van der Waals surface area contributed by atoms with Crippen molar-refractivity contribution < 1.29 is 5.11 Å². The second-order valence-electron chi connectivity index (χ2n) is 5.46. The first-order valence-corrected chi connectivity index (χ1v) is 7.75. The third-order valence-electron chi connectivity index (χ3n) is 4.12. The molecule has 0 spiro atoms.